The number of nitrogens with one attached hydrogen (secondary N) is 1. The lowest BCUT2D eigenvalue weighted by Gasteiger charge is -2.08. The number of aromatic amines is 1. The van der Waals surface area contributed by atoms with Crippen molar-refractivity contribution in [3.05, 3.63) is 120 Å². The predicted molar refractivity (Wildman–Crippen MR) is 124 cm³/mol. The van der Waals surface area contributed by atoms with Gasteiger partial charge in [-0.2, -0.15) is 0 Å². The lowest BCUT2D eigenvalue weighted by atomic mass is 10.00. The highest BCUT2D eigenvalue weighted by Gasteiger charge is 2.05. The van der Waals surface area contributed by atoms with Crippen molar-refractivity contribution in [1.29, 1.82) is 0 Å². The van der Waals surface area contributed by atoms with Crippen LogP contribution in [0.1, 0.15) is 30.4 Å². The molecule has 1 aromatic heterocycles. The molecular weight excluding hydrogens is 354 g/mol. The minimum absolute atomic E-state index is 0.316. The Morgan fingerprint density at radius 3 is 2.66 bits per heavy atom. The normalized spacial score (nSPS) is 15.2. The lowest BCUT2D eigenvalue weighted by Crippen LogP contribution is -1.91. The number of hydrogen-bond donors (Lipinski definition) is 2. The first-order valence-electron chi connectivity index (χ1n) is 10.1. The highest BCUT2D eigenvalue weighted by Crippen LogP contribution is 2.23. The number of aliphatic hydroxyl groups excluding tert-OH is 1. The van der Waals surface area contributed by atoms with Gasteiger partial charge in [-0.15, -0.1) is 0 Å². The highest BCUT2D eigenvalue weighted by atomic mass is 16.3. The fourth-order valence-electron chi connectivity index (χ4n) is 3.55. The van der Waals surface area contributed by atoms with E-state index in [-0.39, 0.29) is 0 Å². The minimum atomic E-state index is 0.316. The van der Waals surface area contributed by atoms with Gasteiger partial charge in [0, 0.05) is 22.7 Å². The van der Waals surface area contributed by atoms with E-state index >= 15 is 0 Å². The van der Waals surface area contributed by atoms with Crippen LogP contribution >= 0.6 is 0 Å². The summed E-state index contributed by atoms with van der Waals surface area (Å²) in [5.41, 5.74) is 5.35. The van der Waals surface area contributed by atoms with Crippen LogP contribution in [-0.4, -0.2) is 10.1 Å². The Kier molecular flexibility index (Phi) is 5.92. The predicted octanol–water partition coefficient (Wildman–Crippen LogP) is 7.37. The van der Waals surface area contributed by atoms with E-state index in [9.17, 15) is 5.11 Å². The standard InChI is InChI=1S/C27H25NO/c29-27(22-13-5-2-6-14-22)19-23(21-11-3-1-4-12-21)15-7-8-16-24-20-28-26-18-10-9-17-25(24)26/h1,3-5,8-20,28-29H,2,6-7H2/b16-8+,23-15+,27-19-. The van der Waals surface area contributed by atoms with Crippen molar-refractivity contribution in [2.45, 2.75) is 19.3 Å². The van der Waals surface area contributed by atoms with Crippen LogP contribution in [-0.2, 0) is 0 Å². The van der Waals surface area contributed by atoms with Gasteiger partial charge in [0.05, 0.1) is 0 Å². The van der Waals surface area contributed by atoms with E-state index in [1.165, 1.54) is 10.9 Å². The molecule has 1 heterocycles. The molecule has 0 fully saturated rings. The van der Waals surface area contributed by atoms with Gasteiger partial charge < -0.3 is 10.1 Å². The van der Waals surface area contributed by atoms with Gasteiger partial charge in [-0.1, -0.05) is 85.0 Å². The maximum Gasteiger partial charge on any atom is 0.123 e. The second kappa shape index (κ2) is 9.11. The van der Waals surface area contributed by atoms with Crippen molar-refractivity contribution < 1.29 is 5.11 Å². The number of para-hydroxylation sites is 1. The molecule has 1 aliphatic rings. The van der Waals surface area contributed by atoms with Gasteiger partial charge in [-0.25, -0.2) is 0 Å². The van der Waals surface area contributed by atoms with Crippen molar-refractivity contribution in [2.75, 3.05) is 0 Å². The van der Waals surface area contributed by atoms with Crippen molar-refractivity contribution in [1.82, 2.24) is 4.98 Å². The third kappa shape index (κ3) is 4.67. The first kappa shape index (κ1) is 18.8. The molecule has 2 nitrogen and oxygen atoms in total. The van der Waals surface area contributed by atoms with E-state index in [0.717, 1.165) is 41.5 Å². The number of aliphatic hydroxyl groups is 1. The SMILES string of the molecule is O/C(=C\C(=C/C/C=C/c1c[nH]c2ccccc12)c1ccccc1)C1=CCCC=C1. The molecule has 2 heteroatoms. The second-order valence-corrected chi connectivity index (χ2v) is 7.12. The first-order valence-corrected chi connectivity index (χ1v) is 10.1. The van der Waals surface area contributed by atoms with Crippen LogP contribution in [0.4, 0.5) is 0 Å². The number of allylic oxidation sites excluding steroid dienone is 7. The van der Waals surface area contributed by atoms with E-state index in [0.29, 0.717) is 5.76 Å². The van der Waals surface area contributed by atoms with Gasteiger partial charge in [0.15, 0.2) is 0 Å². The van der Waals surface area contributed by atoms with Gasteiger partial charge in [0.1, 0.15) is 5.76 Å². The maximum absolute atomic E-state index is 10.6. The molecule has 0 amide bonds. The van der Waals surface area contributed by atoms with Gasteiger partial charge in [0.25, 0.3) is 0 Å². The zero-order chi connectivity index (χ0) is 19.9. The number of fused-ring (bicyclic) bond motifs is 1. The Morgan fingerprint density at radius 2 is 1.83 bits per heavy atom. The summed E-state index contributed by atoms with van der Waals surface area (Å²) in [6, 6.07) is 18.5. The number of hydrogen-bond acceptors (Lipinski definition) is 1. The molecule has 0 spiro atoms. The Morgan fingerprint density at radius 1 is 1.00 bits per heavy atom. The molecular formula is C27H25NO. The minimum Gasteiger partial charge on any atom is -0.507 e. The fraction of sp³-hybridized carbons (Fsp3) is 0.111. The molecule has 0 unspecified atom stereocenters. The van der Waals surface area contributed by atoms with E-state index in [4.69, 9.17) is 0 Å². The highest BCUT2D eigenvalue weighted by molar-refractivity contribution is 5.88. The van der Waals surface area contributed by atoms with Crippen molar-refractivity contribution in [2.24, 2.45) is 0 Å². The Bertz CT molecular complexity index is 1120. The van der Waals surface area contributed by atoms with Gasteiger partial charge in [0.2, 0.25) is 0 Å². The second-order valence-electron chi connectivity index (χ2n) is 7.12. The maximum atomic E-state index is 10.6. The average molecular weight is 380 g/mol. The van der Waals surface area contributed by atoms with Gasteiger partial charge in [-0.05, 0) is 48.1 Å². The zero-order valence-corrected chi connectivity index (χ0v) is 16.4. The summed E-state index contributed by atoms with van der Waals surface area (Å²) in [5.74, 6) is 0.316. The van der Waals surface area contributed by atoms with Crippen LogP contribution in [0.2, 0.25) is 0 Å². The lowest BCUT2D eigenvalue weighted by molar-refractivity contribution is 0.426. The van der Waals surface area contributed by atoms with Crippen LogP contribution in [0.5, 0.6) is 0 Å². The van der Waals surface area contributed by atoms with Crippen molar-refractivity contribution in [3.8, 4) is 0 Å². The number of benzene rings is 2. The van der Waals surface area contributed by atoms with Gasteiger partial charge >= 0.3 is 0 Å². The first-order chi connectivity index (χ1) is 14.3. The smallest absolute Gasteiger partial charge is 0.123 e. The van der Waals surface area contributed by atoms with Crippen LogP contribution in [0, 0.1) is 0 Å². The number of rotatable bonds is 6. The molecule has 144 valence electrons. The summed E-state index contributed by atoms with van der Waals surface area (Å²) < 4.78 is 0. The molecule has 2 N–H and O–H groups in total. The van der Waals surface area contributed by atoms with E-state index in [1.807, 2.05) is 42.6 Å². The summed E-state index contributed by atoms with van der Waals surface area (Å²) in [6.45, 7) is 0. The van der Waals surface area contributed by atoms with Crippen LogP contribution < -0.4 is 0 Å². The summed E-state index contributed by atoms with van der Waals surface area (Å²) in [6.07, 6.45) is 19.4. The average Bonchev–Trinajstić information content (AvgIpc) is 3.20. The van der Waals surface area contributed by atoms with E-state index < -0.39 is 0 Å². The molecule has 1 aliphatic carbocycles. The summed E-state index contributed by atoms with van der Waals surface area (Å²) in [5, 5.41) is 11.8. The molecule has 4 rings (SSSR count). The zero-order valence-electron chi connectivity index (χ0n) is 16.4. The van der Waals surface area contributed by atoms with Gasteiger partial charge in [-0.3, -0.25) is 0 Å². The van der Waals surface area contributed by atoms with E-state index in [2.05, 4.69) is 65.7 Å². The summed E-state index contributed by atoms with van der Waals surface area (Å²) in [4.78, 5) is 3.30. The summed E-state index contributed by atoms with van der Waals surface area (Å²) >= 11 is 0. The van der Waals surface area contributed by atoms with Crippen LogP contribution in [0.15, 0.2) is 109 Å². The molecule has 2 aromatic carbocycles. The fourth-order valence-corrected chi connectivity index (χ4v) is 3.55. The molecule has 0 bridgehead atoms. The number of H-pyrrole nitrogens is 1. The van der Waals surface area contributed by atoms with Crippen molar-refractivity contribution in [3.63, 3.8) is 0 Å². The molecule has 0 atom stereocenters. The largest absolute Gasteiger partial charge is 0.507 e. The summed E-state index contributed by atoms with van der Waals surface area (Å²) in [7, 11) is 0. The van der Waals surface area contributed by atoms with E-state index in [1.54, 1.807) is 0 Å². The monoisotopic (exact) mass is 379 g/mol. The quantitative estimate of drug-likeness (QED) is 0.340. The molecule has 0 radical (unpaired) electrons. The molecule has 0 aliphatic heterocycles. The third-order valence-electron chi connectivity index (χ3n) is 5.08. The third-order valence-corrected chi connectivity index (χ3v) is 5.08. The Hall–Kier alpha value is -3.52. The Balaban J connectivity index is 1.57. The molecule has 0 saturated heterocycles. The molecule has 3 aromatic rings. The number of aromatic nitrogens is 1. The topological polar surface area (TPSA) is 36.0 Å². The van der Waals surface area contributed by atoms with Crippen molar-refractivity contribution >= 4 is 22.6 Å². The van der Waals surface area contributed by atoms with Crippen LogP contribution in [0.25, 0.3) is 22.6 Å². The Labute approximate surface area is 171 Å². The molecule has 0 saturated carbocycles. The van der Waals surface area contributed by atoms with Crippen LogP contribution in [0.3, 0.4) is 0 Å². The molecule has 29 heavy (non-hydrogen) atoms.